The molecule has 0 spiro atoms. The molecule has 0 saturated carbocycles. The van der Waals surface area contributed by atoms with E-state index in [1.54, 1.807) is 4.90 Å². The van der Waals surface area contributed by atoms with Crippen LogP contribution in [0.2, 0.25) is 5.02 Å². The third kappa shape index (κ3) is 5.48. The molecule has 1 fully saturated rings. The average Bonchev–Trinajstić information content (AvgIpc) is 2.68. The average molecular weight is 416 g/mol. The van der Waals surface area contributed by atoms with Crippen LogP contribution in [0.4, 0.5) is 13.2 Å². The van der Waals surface area contributed by atoms with Gasteiger partial charge in [-0.3, -0.25) is 4.79 Å². The van der Waals surface area contributed by atoms with E-state index in [1.165, 1.54) is 24.5 Å². The highest BCUT2D eigenvalue weighted by molar-refractivity contribution is 6.30. The molecule has 0 aliphatic carbocycles. The molecular formula is C18H17ClF3N3O3. The van der Waals surface area contributed by atoms with Crippen molar-refractivity contribution >= 4 is 17.5 Å². The van der Waals surface area contributed by atoms with Gasteiger partial charge in [0.1, 0.15) is 11.9 Å². The highest BCUT2D eigenvalue weighted by Crippen LogP contribution is 2.31. The fraction of sp³-hybridized carbons (Fsp3) is 0.389. The summed E-state index contributed by atoms with van der Waals surface area (Å²) in [5.74, 6) is -0.342. The number of likely N-dealkylation sites (tertiary alicyclic amines) is 1. The summed E-state index contributed by atoms with van der Waals surface area (Å²) in [6.45, 7) is 0.481. The van der Waals surface area contributed by atoms with Crippen molar-refractivity contribution in [3.8, 4) is 11.8 Å². The number of piperidine rings is 1. The normalized spacial score (nSPS) is 17.3. The highest BCUT2D eigenvalue weighted by Gasteiger charge is 2.31. The van der Waals surface area contributed by atoms with Gasteiger partial charge < -0.3 is 14.4 Å². The molecule has 150 valence electrons. The van der Waals surface area contributed by atoms with Gasteiger partial charge in [-0.25, -0.2) is 9.97 Å². The fourth-order valence-corrected chi connectivity index (χ4v) is 2.87. The summed E-state index contributed by atoms with van der Waals surface area (Å²) in [4.78, 5) is 21.8. The summed E-state index contributed by atoms with van der Waals surface area (Å²) >= 11 is 5.73. The number of hydrogen-bond acceptors (Lipinski definition) is 5. The van der Waals surface area contributed by atoms with E-state index in [4.69, 9.17) is 21.1 Å². The lowest BCUT2D eigenvalue weighted by Crippen LogP contribution is -2.46. The number of rotatable bonds is 5. The number of alkyl halides is 3. The lowest BCUT2D eigenvalue weighted by Gasteiger charge is -2.32. The Balaban J connectivity index is 1.53. The number of ether oxygens (including phenoxy) is 2. The fourth-order valence-electron chi connectivity index (χ4n) is 2.77. The van der Waals surface area contributed by atoms with E-state index >= 15 is 0 Å². The van der Waals surface area contributed by atoms with Gasteiger partial charge >= 0.3 is 12.2 Å². The van der Waals surface area contributed by atoms with E-state index < -0.39 is 11.7 Å². The molecule has 3 rings (SSSR count). The Labute approximate surface area is 164 Å². The van der Waals surface area contributed by atoms with Crippen LogP contribution in [0.25, 0.3) is 0 Å². The van der Waals surface area contributed by atoms with Crippen LogP contribution in [0.15, 0.2) is 36.7 Å². The standard InChI is InChI=1S/C18H17ClF3N3O3/c19-13-8-23-17(24-9-13)28-15-5-2-6-25(10-15)16(26)11-27-14-4-1-3-12(7-14)18(20,21)22/h1,3-4,7-9,15H,2,5-6,10-11H2. The summed E-state index contributed by atoms with van der Waals surface area (Å²) < 4.78 is 49.1. The second kappa shape index (κ2) is 8.64. The number of hydrogen-bond donors (Lipinski definition) is 0. The first-order valence-electron chi connectivity index (χ1n) is 8.53. The number of aromatic nitrogens is 2. The number of carbonyl (C=O) groups is 1. The molecule has 1 saturated heterocycles. The Hall–Kier alpha value is -2.55. The van der Waals surface area contributed by atoms with Crippen LogP contribution in [0.3, 0.4) is 0 Å². The van der Waals surface area contributed by atoms with E-state index in [0.29, 0.717) is 24.5 Å². The molecule has 2 heterocycles. The number of nitrogens with zero attached hydrogens (tertiary/aromatic N) is 3. The Morgan fingerprint density at radius 3 is 2.75 bits per heavy atom. The third-order valence-corrected chi connectivity index (χ3v) is 4.32. The minimum absolute atomic E-state index is 0.0115. The third-order valence-electron chi connectivity index (χ3n) is 4.12. The van der Waals surface area contributed by atoms with Crippen molar-refractivity contribution in [3.05, 3.63) is 47.2 Å². The van der Waals surface area contributed by atoms with Gasteiger partial charge in [0.15, 0.2) is 6.61 Å². The summed E-state index contributed by atoms with van der Waals surface area (Å²) in [6.07, 6.45) is -0.480. The second-order valence-corrected chi connectivity index (χ2v) is 6.66. The topological polar surface area (TPSA) is 64.5 Å². The van der Waals surface area contributed by atoms with Gasteiger partial charge in [0.05, 0.1) is 29.5 Å². The van der Waals surface area contributed by atoms with Gasteiger partial charge in [-0.2, -0.15) is 13.2 Å². The maximum Gasteiger partial charge on any atom is 0.416 e. The summed E-state index contributed by atoms with van der Waals surface area (Å²) in [5.41, 5.74) is -0.827. The molecule has 28 heavy (non-hydrogen) atoms. The zero-order valence-corrected chi connectivity index (χ0v) is 15.4. The molecule has 1 unspecified atom stereocenters. The summed E-state index contributed by atoms with van der Waals surface area (Å²) in [6, 6.07) is 4.60. The van der Waals surface area contributed by atoms with E-state index in [9.17, 15) is 18.0 Å². The second-order valence-electron chi connectivity index (χ2n) is 6.22. The van der Waals surface area contributed by atoms with Gasteiger partial charge in [-0.15, -0.1) is 0 Å². The highest BCUT2D eigenvalue weighted by atomic mass is 35.5. The summed E-state index contributed by atoms with van der Waals surface area (Å²) in [5, 5.41) is 0.388. The van der Waals surface area contributed by atoms with Gasteiger partial charge in [-0.1, -0.05) is 17.7 Å². The quantitative estimate of drug-likeness (QED) is 0.746. The minimum atomic E-state index is -4.47. The number of amides is 1. The molecule has 0 radical (unpaired) electrons. The van der Waals surface area contributed by atoms with Crippen molar-refractivity contribution in [1.82, 2.24) is 14.9 Å². The molecule has 2 aromatic rings. The molecule has 1 amide bonds. The molecule has 0 N–H and O–H groups in total. The van der Waals surface area contributed by atoms with Gasteiger partial charge in [0.2, 0.25) is 0 Å². The Kier molecular flexibility index (Phi) is 6.23. The van der Waals surface area contributed by atoms with Crippen molar-refractivity contribution in [2.75, 3.05) is 19.7 Å². The van der Waals surface area contributed by atoms with E-state index in [0.717, 1.165) is 18.6 Å². The first-order valence-corrected chi connectivity index (χ1v) is 8.91. The first-order chi connectivity index (χ1) is 13.3. The zero-order chi connectivity index (χ0) is 20.1. The van der Waals surface area contributed by atoms with Gasteiger partial charge in [-0.05, 0) is 31.0 Å². The van der Waals surface area contributed by atoms with Gasteiger partial charge in [0, 0.05) is 6.54 Å². The molecule has 1 aromatic heterocycles. The Morgan fingerprint density at radius 1 is 1.29 bits per heavy atom. The molecule has 6 nitrogen and oxygen atoms in total. The van der Waals surface area contributed by atoms with Crippen LogP contribution >= 0.6 is 11.6 Å². The molecule has 1 aliphatic rings. The Bertz CT molecular complexity index is 818. The molecule has 0 bridgehead atoms. The van der Waals surface area contributed by atoms with Crippen molar-refractivity contribution in [2.45, 2.75) is 25.1 Å². The van der Waals surface area contributed by atoms with E-state index in [-0.39, 0.29) is 30.4 Å². The molecule has 10 heteroatoms. The lowest BCUT2D eigenvalue weighted by atomic mass is 10.1. The molecule has 1 aliphatic heterocycles. The lowest BCUT2D eigenvalue weighted by molar-refractivity contribution is -0.137. The SMILES string of the molecule is O=C(COc1cccc(C(F)(F)F)c1)N1CCCC(Oc2ncc(Cl)cn2)C1. The van der Waals surface area contributed by atoms with E-state index in [2.05, 4.69) is 9.97 Å². The number of carbonyl (C=O) groups excluding carboxylic acids is 1. The smallest absolute Gasteiger partial charge is 0.416 e. The number of benzene rings is 1. The van der Waals surface area contributed by atoms with Crippen molar-refractivity contribution in [3.63, 3.8) is 0 Å². The first kappa shape index (κ1) is 20.2. The monoisotopic (exact) mass is 415 g/mol. The summed E-state index contributed by atoms with van der Waals surface area (Å²) in [7, 11) is 0. The zero-order valence-electron chi connectivity index (χ0n) is 14.7. The van der Waals surface area contributed by atoms with Crippen LogP contribution in [0.1, 0.15) is 18.4 Å². The van der Waals surface area contributed by atoms with E-state index in [1.807, 2.05) is 0 Å². The van der Waals surface area contributed by atoms with Gasteiger partial charge in [0.25, 0.3) is 5.91 Å². The molecule has 1 atom stereocenters. The van der Waals surface area contributed by atoms with Crippen LogP contribution < -0.4 is 9.47 Å². The van der Waals surface area contributed by atoms with Crippen LogP contribution in [-0.2, 0) is 11.0 Å². The van der Waals surface area contributed by atoms with Crippen molar-refractivity contribution in [2.24, 2.45) is 0 Å². The largest absolute Gasteiger partial charge is 0.484 e. The molecular weight excluding hydrogens is 399 g/mol. The van der Waals surface area contributed by atoms with Crippen LogP contribution in [-0.4, -0.2) is 46.6 Å². The molecule has 1 aromatic carbocycles. The van der Waals surface area contributed by atoms with Crippen molar-refractivity contribution in [1.29, 1.82) is 0 Å². The van der Waals surface area contributed by atoms with Crippen LogP contribution in [0, 0.1) is 0 Å². The maximum absolute atomic E-state index is 12.7. The predicted molar refractivity (Wildman–Crippen MR) is 94.2 cm³/mol. The Morgan fingerprint density at radius 2 is 2.04 bits per heavy atom. The minimum Gasteiger partial charge on any atom is -0.484 e. The predicted octanol–water partition coefficient (Wildman–Crippen LogP) is 3.60. The van der Waals surface area contributed by atoms with Crippen molar-refractivity contribution < 1.29 is 27.4 Å². The number of halogens is 4. The maximum atomic E-state index is 12.7. The van der Waals surface area contributed by atoms with Crippen LogP contribution in [0.5, 0.6) is 11.8 Å².